The van der Waals surface area contributed by atoms with Gasteiger partial charge in [0.25, 0.3) is 0 Å². The van der Waals surface area contributed by atoms with Gasteiger partial charge in [0.2, 0.25) is 5.91 Å². The van der Waals surface area contributed by atoms with Gasteiger partial charge in [0.1, 0.15) is 0 Å². The van der Waals surface area contributed by atoms with Crippen molar-refractivity contribution < 1.29 is 4.79 Å². The topological polar surface area (TPSA) is 29.1 Å². The van der Waals surface area contributed by atoms with Gasteiger partial charge in [-0.1, -0.05) is 25.5 Å². The minimum Gasteiger partial charge on any atom is -0.352 e. The number of thioether (sulfide) groups is 1. The molecule has 1 amide bonds. The van der Waals surface area contributed by atoms with E-state index >= 15 is 0 Å². The second-order valence-corrected chi connectivity index (χ2v) is 6.58. The van der Waals surface area contributed by atoms with E-state index in [2.05, 4.69) is 24.4 Å². The molecular weight excluding hydrogens is 230 g/mol. The standard InChI is InChI=1S/C14H23NOS/c1-2-17-13-9-5-8-12(13)15-14(16)10-11-6-3-4-7-11/h3,6,11-13H,2,4-5,7-10H2,1H3,(H,15,16)/t11-,12-,13-/m1/s1. The second-order valence-electron chi connectivity index (χ2n) is 5.07. The van der Waals surface area contributed by atoms with E-state index in [0.717, 1.165) is 18.6 Å². The molecule has 0 heterocycles. The van der Waals surface area contributed by atoms with Crippen molar-refractivity contribution in [1.29, 1.82) is 0 Å². The third-order valence-electron chi connectivity index (χ3n) is 3.74. The van der Waals surface area contributed by atoms with Crippen LogP contribution < -0.4 is 5.32 Å². The Labute approximate surface area is 109 Å². The van der Waals surface area contributed by atoms with Gasteiger partial charge in [-0.15, -0.1) is 0 Å². The minimum absolute atomic E-state index is 0.259. The molecule has 1 saturated carbocycles. The van der Waals surface area contributed by atoms with Gasteiger partial charge >= 0.3 is 0 Å². The quantitative estimate of drug-likeness (QED) is 0.763. The summed E-state index contributed by atoms with van der Waals surface area (Å²) in [5.41, 5.74) is 0. The molecule has 0 saturated heterocycles. The number of nitrogens with one attached hydrogen (secondary N) is 1. The van der Waals surface area contributed by atoms with Gasteiger partial charge in [-0.2, -0.15) is 11.8 Å². The van der Waals surface area contributed by atoms with Crippen LogP contribution in [0.15, 0.2) is 12.2 Å². The van der Waals surface area contributed by atoms with Gasteiger partial charge in [0.15, 0.2) is 0 Å². The molecule has 0 aromatic carbocycles. The number of hydrogen-bond donors (Lipinski definition) is 1. The number of allylic oxidation sites excluding steroid dienone is 2. The zero-order valence-corrected chi connectivity index (χ0v) is 11.5. The van der Waals surface area contributed by atoms with Crippen molar-refractivity contribution in [3.05, 3.63) is 12.2 Å². The molecule has 0 unspecified atom stereocenters. The second kappa shape index (κ2) is 6.48. The van der Waals surface area contributed by atoms with Crippen LogP contribution in [-0.2, 0) is 4.79 Å². The first-order valence-corrected chi connectivity index (χ1v) is 7.92. The Morgan fingerprint density at radius 1 is 1.41 bits per heavy atom. The average molecular weight is 253 g/mol. The Bertz CT molecular complexity index is 290. The smallest absolute Gasteiger partial charge is 0.220 e. The molecule has 0 spiro atoms. The van der Waals surface area contributed by atoms with Gasteiger partial charge in [-0.25, -0.2) is 0 Å². The van der Waals surface area contributed by atoms with Gasteiger partial charge in [0.05, 0.1) is 0 Å². The number of carbonyl (C=O) groups excluding carboxylic acids is 1. The molecule has 96 valence electrons. The summed E-state index contributed by atoms with van der Waals surface area (Å²) in [7, 11) is 0. The van der Waals surface area contributed by atoms with Crippen LogP contribution in [0, 0.1) is 5.92 Å². The molecule has 0 aromatic rings. The first-order valence-electron chi connectivity index (χ1n) is 6.87. The highest BCUT2D eigenvalue weighted by Gasteiger charge is 2.28. The van der Waals surface area contributed by atoms with E-state index in [1.54, 1.807) is 0 Å². The minimum atomic E-state index is 0.259. The van der Waals surface area contributed by atoms with Crippen molar-refractivity contribution in [3.8, 4) is 0 Å². The van der Waals surface area contributed by atoms with E-state index in [1.165, 1.54) is 19.3 Å². The molecule has 0 aromatic heterocycles. The molecule has 2 rings (SSSR count). The Balaban J connectivity index is 1.75. The van der Waals surface area contributed by atoms with Crippen molar-refractivity contribution in [3.63, 3.8) is 0 Å². The number of amides is 1. The first kappa shape index (κ1) is 13.0. The lowest BCUT2D eigenvalue weighted by Gasteiger charge is -2.20. The maximum atomic E-state index is 12.0. The highest BCUT2D eigenvalue weighted by atomic mass is 32.2. The SMILES string of the molecule is CCS[C@@H]1CCC[C@H]1NC(=O)C[C@@H]1C=CCC1. The van der Waals surface area contributed by atoms with Crippen molar-refractivity contribution in [2.24, 2.45) is 5.92 Å². The van der Waals surface area contributed by atoms with E-state index in [-0.39, 0.29) is 5.91 Å². The average Bonchev–Trinajstić information content (AvgIpc) is 2.92. The molecule has 3 heteroatoms. The van der Waals surface area contributed by atoms with E-state index in [0.29, 0.717) is 23.6 Å². The number of hydrogen-bond acceptors (Lipinski definition) is 2. The third kappa shape index (κ3) is 3.77. The molecule has 0 bridgehead atoms. The lowest BCUT2D eigenvalue weighted by molar-refractivity contribution is -0.122. The molecule has 2 nitrogen and oxygen atoms in total. The maximum absolute atomic E-state index is 12.0. The van der Waals surface area contributed by atoms with Crippen LogP contribution in [0.4, 0.5) is 0 Å². The monoisotopic (exact) mass is 253 g/mol. The molecule has 2 aliphatic carbocycles. The largest absolute Gasteiger partial charge is 0.352 e. The summed E-state index contributed by atoms with van der Waals surface area (Å²) in [5, 5.41) is 3.90. The van der Waals surface area contributed by atoms with E-state index < -0.39 is 0 Å². The fourth-order valence-electron chi connectivity index (χ4n) is 2.87. The summed E-state index contributed by atoms with van der Waals surface area (Å²) in [5.74, 6) is 1.91. The normalized spacial score (nSPS) is 31.9. The maximum Gasteiger partial charge on any atom is 0.220 e. The Morgan fingerprint density at radius 2 is 2.29 bits per heavy atom. The van der Waals surface area contributed by atoms with Crippen LogP contribution in [0.25, 0.3) is 0 Å². The van der Waals surface area contributed by atoms with E-state index in [1.807, 2.05) is 11.8 Å². The lowest BCUT2D eigenvalue weighted by atomic mass is 10.0. The molecular formula is C14H23NOS. The van der Waals surface area contributed by atoms with Crippen LogP contribution in [0.5, 0.6) is 0 Å². The van der Waals surface area contributed by atoms with Crippen LogP contribution >= 0.6 is 11.8 Å². The lowest BCUT2D eigenvalue weighted by Crippen LogP contribution is -2.39. The Kier molecular flexibility index (Phi) is 4.96. The van der Waals surface area contributed by atoms with Gasteiger partial charge in [0, 0.05) is 17.7 Å². The molecule has 17 heavy (non-hydrogen) atoms. The van der Waals surface area contributed by atoms with E-state index in [9.17, 15) is 4.79 Å². The summed E-state index contributed by atoms with van der Waals surface area (Å²) in [6.45, 7) is 2.20. The molecule has 2 aliphatic rings. The third-order valence-corrected chi connectivity index (χ3v) is 5.07. The number of carbonyl (C=O) groups is 1. The molecule has 1 fully saturated rings. The van der Waals surface area contributed by atoms with Crippen molar-refractivity contribution >= 4 is 17.7 Å². The Morgan fingerprint density at radius 3 is 3.00 bits per heavy atom. The van der Waals surface area contributed by atoms with Crippen LogP contribution in [-0.4, -0.2) is 23.0 Å². The van der Waals surface area contributed by atoms with Gasteiger partial charge in [-0.3, -0.25) is 4.79 Å². The predicted octanol–water partition coefficient (Wildman–Crippen LogP) is 3.13. The van der Waals surface area contributed by atoms with Gasteiger partial charge in [-0.05, 0) is 37.4 Å². The van der Waals surface area contributed by atoms with Crippen LogP contribution in [0.3, 0.4) is 0 Å². The highest BCUT2D eigenvalue weighted by Crippen LogP contribution is 2.30. The predicted molar refractivity (Wildman–Crippen MR) is 74.2 cm³/mol. The summed E-state index contributed by atoms with van der Waals surface area (Å²) in [4.78, 5) is 12.0. The molecule has 1 N–H and O–H groups in total. The molecule has 3 atom stereocenters. The summed E-state index contributed by atoms with van der Waals surface area (Å²) in [6.07, 6.45) is 11.1. The molecule has 0 radical (unpaired) electrons. The highest BCUT2D eigenvalue weighted by molar-refractivity contribution is 7.99. The van der Waals surface area contributed by atoms with E-state index in [4.69, 9.17) is 0 Å². The van der Waals surface area contributed by atoms with Crippen molar-refractivity contribution in [2.45, 2.75) is 56.7 Å². The Hall–Kier alpha value is -0.440. The van der Waals surface area contributed by atoms with Crippen LogP contribution in [0.1, 0.15) is 45.4 Å². The number of rotatable bonds is 5. The zero-order valence-electron chi connectivity index (χ0n) is 10.7. The summed E-state index contributed by atoms with van der Waals surface area (Å²) >= 11 is 2.00. The molecule has 0 aliphatic heterocycles. The fraction of sp³-hybridized carbons (Fsp3) is 0.786. The summed E-state index contributed by atoms with van der Waals surface area (Å²) < 4.78 is 0. The van der Waals surface area contributed by atoms with Gasteiger partial charge < -0.3 is 5.32 Å². The fourth-order valence-corrected chi connectivity index (χ4v) is 4.07. The van der Waals surface area contributed by atoms with Crippen molar-refractivity contribution in [1.82, 2.24) is 5.32 Å². The summed E-state index contributed by atoms with van der Waals surface area (Å²) in [6, 6.07) is 0.429. The zero-order chi connectivity index (χ0) is 12.1. The van der Waals surface area contributed by atoms with Crippen molar-refractivity contribution in [2.75, 3.05) is 5.75 Å². The van der Waals surface area contributed by atoms with Crippen LogP contribution in [0.2, 0.25) is 0 Å². The first-order chi connectivity index (χ1) is 8.29.